The van der Waals surface area contributed by atoms with E-state index in [1.165, 1.54) is 18.3 Å². The lowest BCUT2D eigenvalue weighted by atomic mass is 9.87. The van der Waals surface area contributed by atoms with E-state index in [9.17, 15) is 9.59 Å². The molecule has 2 saturated heterocycles. The van der Waals surface area contributed by atoms with Gasteiger partial charge in [-0.15, -0.1) is 11.3 Å². The summed E-state index contributed by atoms with van der Waals surface area (Å²) in [5, 5.41) is 6.63. The number of hydrogen-bond donors (Lipinski definition) is 2. The van der Waals surface area contributed by atoms with E-state index in [4.69, 9.17) is 0 Å². The molecule has 2 aliphatic rings. The van der Waals surface area contributed by atoms with Gasteiger partial charge in [-0.3, -0.25) is 19.6 Å². The van der Waals surface area contributed by atoms with Gasteiger partial charge in [0.1, 0.15) is 0 Å². The molecule has 2 aliphatic heterocycles. The van der Waals surface area contributed by atoms with Crippen LogP contribution in [0.25, 0.3) is 0 Å². The zero-order valence-corrected chi connectivity index (χ0v) is 17.8. The number of piperidine rings is 1. The van der Waals surface area contributed by atoms with E-state index in [1.54, 1.807) is 6.20 Å². The van der Waals surface area contributed by atoms with Gasteiger partial charge < -0.3 is 10.6 Å². The summed E-state index contributed by atoms with van der Waals surface area (Å²) < 4.78 is 0. The molecule has 154 valence electrons. The van der Waals surface area contributed by atoms with Crippen molar-refractivity contribution in [2.75, 3.05) is 29.9 Å². The lowest BCUT2D eigenvalue weighted by Crippen LogP contribution is -2.52. The van der Waals surface area contributed by atoms with Gasteiger partial charge in [0, 0.05) is 54.7 Å². The predicted molar refractivity (Wildman–Crippen MR) is 113 cm³/mol. The first-order valence-corrected chi connectivity index (χ1v) is 10.7. The van der Waals surface area contributed by atoms with Gasteiger partial charge in [-0.05, 0) is 38.8 Å². The maximum absolute atomic E-state index is 12.6. The molecule has 0 bridgehead atoms. The fraction of sp³-hybridized carbons (Fsp3) is 0.500. The number of likely N-dealkylation sites (tertiary alicyclic amines) is 1. The number of amides is 3. The predicted octanol–water partition coefficient (Wildman–Crippen LogP) is 2.93. The number of nitrogens with zero attached hydrogens (tertiary/aromatic N) is 4. The molecule has 29 heavy (non-hydrogen) atoms. The van der Waals surface area contributed by atoms with E-state index in [0.717, 1.165) is 42.2 Å². The van der Waals surface area contributed by atoms with E-state index in [1.807, 2.05) is 30.2 Å². The molecule has 8 nitrogen and oxygen atoms in total. The monoisotopic (exact) mass is 414 g/mol. The molecule has 9 heteroatoms. The lowest BCUT2D eigenvalue weighted by molar-refractivity contribution is -0.114. The molecule has 4 heterocycles. The van der Waals surface area contributed by atoms with Crippen molar-refractivity contribution in [1.82, 2.24) is 20.2 Å². The van der Waals surface area contributed by atoms with Gasteiger partial charge in [-0.1, -0.05) is 0 Å². The van der Waals surface area contributed by atoms with Crippen molar-refractivity contribution in [3.05, 3.63) is 35.1 Å². The first kappa shape index (κ1) is 19.8. The van der Waals surface area contributed by atoms with E-state index in [-0.39, 0.29) is 23.5 Å². The molecule has 2 N–H and O–H groups in total. The number of anilines is 2. The fourth-order valence-corrected chi connectivity index (χ4v) is 5.05. The summed E-state index contributed by atoms with van der Waals surface area (Å²) in [7, 11) is 0. The Labute approximate surface area is 174 Å². The number of thiazole rings is 1. The molecule has 2 aromatic rings. The van der Waals surface area contributed by atoms with Gasteiger partial charge in [-0.2, -0.15) is 0 Å². The molecule has 2 aromatic heterocycles. The van der Waals surface area contributed by atoms with Crippen LogP contribution in [0.15, 0.2) is 24.5 Å². The highest BCUT2D eigenvalue weighted by atomic mass is 32.1. The highest BCUT2D eigenvalue weighted by Crippen LogP contribution is 2.35. The smallest absolute Gasteiger partial charge is 0.322 e. The first-order valence-electron chi connectivity index (χ1n) is 9.85. The second-order valence-corrected chi connectivity index (χ2v) is 8.98. The average Bonchev–Trinajstić information content (AvgIpc) is 3.26. The summed E-state index contributed by atoms with van der Waals surface area (Å²) in [5.74, 6) is -0.107. The number of nitrogens with one attached hydrogen (secondary N) is 2. The summed E-state index contributed by atoms with van der Waals surface area (Å²) in [6.07, 6.45) is 5.40. The lowest BCUT2D eigenvalue weighted by Gasteiger charge is -2.41. The second-order valence-electron chi connectivity index (χ2n) is 7.91. The molecule has 2 fully saturated rings. The van der Waals surface area contributed by atoms with Crippen molar-refractivity contribution in [2.45, 2.75) is 45.2 Å². The van der Waals surface area contributed by atoms with E-state index in [2.05, 4.69) is 32.4 Å². The van der Waals surface area contributed by atoms with Crippen LogP contribution >= 0.6 is 11.3 Å². The quantitative estimate of drug-likeness (QED) is 0.803. The van der Waals surface area contributed by atoms with E-state index < -0.39 is 0 Å². The van der Waals surface area contributed by atoms with Crippen LogP contribution in [0.1, 0.15) is 43.3 Å². The second kappa shape index (κ2) is 7.72. The van der Waals surface area contributed by atoms with Crippen LogP contribution in [0.3, 0.4) is 0 Å². The number of hydrogen-bond acceptors (Lipinski definition) is 6. The summed E-state index contributed by atoms with van der Waals surface area (Å²) in [6, 6.07) is 4.04. The van der Waals surface area contributed by atoms with Crippen LogP contribution in [0.4, 0.5) is 15.6 Å². The molecule has 0 aliphatic carbocycles. The Bertz CT molecular complexity index is 921. The zero-order valence-electron chi connectivity index (χ0n) is 16.9. The molecule has 3 amide bonds. The van der Waals surface area contributed by atoms with Gasteiger partial charge in [-0.25, -0.2) is 9.78 Å². The summed E-state index contributed by atoms with van der Waals surface area (Å²) in [5.41, 5.74) is 1.63. The molecular formula is C20H26N6O2S. The van der Waals surface area contributed by atoms with Crippen LogP contribution in [0, 0.1) is 6.92 Å². The van der Waals surface area contributed by atoms with Crippen molar-refractivity contribution >= 4 is 34.1 Å². The topological polar surface area (TPSA) is 90.5 Å². The Morgan fingerprint density at radius 1 is 1.34 bits per heavy atom. The minimum atomic E-state index is -0.181. The highest BCUT2D eigenvalue weighted by Gasteiger charge is 2.45. The van der Waals surface area contributed by atoms with Gasteiger partial charge in [0.15, 0.2) is 5.13 Å². The van der Waals surface area contributed by atoms with Crippen molar-refractivity contribution < 1.29 is 9.59 Å². The normalized spacial score (nSPS) is 20.0. The SMILES string of the molecule is CC(=O)Nc1ncc([C@@H](C)N2CCC3(CC2)CN(c2ccnc(C)c2)C(=O)N3)s1. The standard InChI is InChI=1S/C20H26N6O2S/c1-13-10-16(4-7-21-13)26-12-20(24-19(26)28)5-8-25(9-6-20)14(2)17-11-22-18(29-17)23-15(3)27/h4,7,10-11,14H,5-6,8-9,12H2,1-3H3,(H,24,28)(H,22,23,27)/t14-/m1/s1. The Hall–Kier alpha value is -2.52. The number of rotatable bonds is 4. The Morgan fingerprint density at radius 2 is 2.10 bits per heavy atom. The molecule has 0 saturated carbocycles. The van der Waals surface area contributed by atoms with Crippen LogP contribution < -0.4 is 15.5 Å². The largest absolute Gasteiger partial charge is 0.330 e. The maximum atomic E-state index is 12.6. The summed E-state index contributed by atoms with van der Waals surface area (Å²) in [4.78, 5) is 37.7. The van der Waals surface area contributed by atoms with Crippen molar-refractivity contribution in [2.24, 2.45) is 0 Å². The van der Waals surface area contributed by atoms with Gasteiger partial charge >= 0.3 is 6.03 Å². The van der Waals surface area contributed by atoms with E-state index in [0.29, 0.717) is 11.7 Å². The minimum absolute atomic E-state index is 0.0282. The van der Waals surface area contributed by atoms with E-state index >= 15 is 0 Å². The number of carbonyl (C=O) groups is 2. The molecule has 4 rings (SSSR count). The van der Waals surface area contributed by atoms with Crippen LogP contribution in [0.2, 0.25) is 0 Å². The molecule has 0 radical (unpaired) electrons. The molecule has 1 spiro atoms. The molecule has 1 atom stereocenters. The van der Waals surface area contributed by atoms with Crippen molar-refractivity contribution in [3.63, 3.8) is 0 Å². The fourth-order valence-electron chi connectivity index (χ4n) is 4.11. The van der Waals surface area contributed by atoms with Crippen LogP contribution in [-0.4, -0.2) is 52.0 Å². The van der Waals surface area contributed by atoms with Gasteiger partial charge in [0.25, 0.3) is 0 Å². The minimum Gasteiger partial charge on any atom is -0.330 e. The van der Waals surface area contributed by atoms with Crippen LogP contribution in [0.5, 0.6) is 0 Å². The zero-order chi connectivity index (χ0) is 20.6. The third kappa shape index (κ3) is 4.11. The average molecular weight is 415 g/mol. The number of aromatic nitrogens is 2. The third-order valence-corrected chi connectivity index (χ3v) is 6.87. The Balaban J connectivity index is 1.39. The van der Waals surface area contributed by atoms with Crippen molar-refractivity contribution in [3.8, 4) is 0 Å². The van der Waals surface area contributed by atoms with Crippen LogP contribution in [-0.2, 0) is 4.79 Å². The van der Waals surface area contributed by atoms with Crippen molar-refractivity contribution in [1.29, 1.82) is 0 Å². The molecule has 0 unspecified atom stereocenters. The number of pyridine rings is 1. The Morgan fingerprint density at radius 3 is 2.79 bits per heavy atom. The highest BCUT2D eigenvalue weighted by molar-refractivity contribution is 7.15. The Kier molecular flexibility index (Phi) is 5.26. The summed E-state index contributed by atoms with van der Waals surface area (Å²) >= 11 is 1.52. The summed E-state index contributed by atoms with van der Waals surface area (Å²) in [6.45, 7) is 8.08. The number of urea groups is 1. The first-order chi connectivity index (χ1) is 13.8. The molecular weight excluding hydrogens is 388 g/mol. The van der Waals surface area contributed by atoms with Gasteiger partial charge in [0.2, 0.25) is 5.91 Å². The third-order valence-electron chi connectivity index (χ3n) is 5.79. The number of carbonyl (C=O) groups excluding carboxylic acids is 2. The number of aryl methyl sites for hydroxylation is 1. The van der Waals surface area contributed by atoms with Gasteiger partial charge in [0.05, 0.1) is 12.1 Å². The maximum Gasteiger partial charge on any atom is 0.322 e. The molecule has 0 aromatic carbocycles.